The Bertz CT molecular complexity index is 189. The Morgan fingerprint density at radius 1 is 1.55 bits per heavy atom. The van der Waals surface area contributed by atoms with Crippen LogP contribution < -0.4 is 5.32 Å². The number of hydrogen-bond donors (Lipinski definition) is 1. The number of nitrogens with one attached hydrogen (secondary N) is 1. The van der Waals surface area contributed by atoms with Crippen LogP contribution in [0.2, 0.25) is 0 Å². The molecule has 1 heterocycles. The standard InChI is InChI=1S/C6H8F3NO/c1-5(6(7,8)9)3-10-2-4(5)11/h10H,2-3H2,1H3. The maximum Gasteiger partial charge on any atom is 0.402 e. The van der Waals surface area contributed by atoms with Crippen molar-refractivity contribution in [2.45, 2.75) is 13.1 Å². The molecular weight excluding hydrogens is 159 g/mol. The van der Waals surface area contributed by atoms with Crippen LogP contribution in [-0.4, -0.2) is 25.0 Å². The third-order valence-electron chi connectivity index (χ3n) is 2.01. The van der Waals surface area contributed by atoms with Crippen LogP contribution in [0, 0.1) is 5.41 Å². The minimum atomic E-state index is -4.42. The van der Waals surface area contributed by atoms with Gasteiger partial charge in [0.1, 0.15) is 5.41 Å². The average Bonchev–Trinajstić information content (AvgIpc) is 2.12. The predicted octanol–water partition coefficient (Wildman–Crippen LogP) is 0.727. The van der Waals surface area contributed by atoms with Crippen LogP contribution >= 0.6 is 0 Å². The van der Waals surface area contributed by atoms with Crippen molar-refractivity contribution in [3.05, 3.63) is 0 Å². The van der Waals surface area contributed by atoms with Gasteiger partial charge in [-0.2, -0.15) is 13.2 Å². The first-order chi connectivity index (χ1) is 4.88. The number of Topliss-reactive ketones (excluding diaryl/α,β-unsaturated/α-hetero) is 1. The van der Waals surface area contributed by atoms with Crippen LogP contribution in [0.4, 0.5) is 13.2 Å². The van der Waals surface area contributed by atoms with Crippen LogP contribution in [0.3, 0.4) is 0 Å². The highest BCUT2D eigenvalue weighted by Gasteiger charge is 2.58. The number of halogens is 3. The van der Waals surface area contributed by atoms with Crippen LogP contribution in [0.25, 0.3) is 0 Å². The van der Waals surface area contributed by atoms with Crippen molar-refractivity contribution in [1.82, 2.24) is 5.32 Å². The fourth-order valence-corrected chi connectivity index (χ4v) is 0.978. The quantitative estimate of drug-likeness (QED) is 0.576. The normalized spacial score (nSPS) is 32.9. The molecule has 0 aromatic carbocycles. The van der Waals surface area contributed by atoms with Crippen molar-refractivity contribution in [3.8, 4) is 0 Å². The molecule has 1 N–H and O–H groups in total. The Labute approximate surface area is 61.8 Å². The predicted molar refractivity (Wildman–Crippen MR) is 32.0 cm³/mol. The first kappa shape index (κ1) is 8.52. The minimum Gasteiger partial charge on any atom is -0.309 e. The fourth-order valence-electron chi connectivity index (χ4n) is 0.978. The molecule has 0 amide bonds. The molecule has 1 fully saturated rings. The van der Waals surface area contributed by atoms with Gasteiger partial charge < -0.3 is 5.32 Å². The molecule has 64 valence electrons. The van der Waals surface area contributed by atoms with E-state index in [2.05, 4.69) is 5.32 Å². The monoisotopic (exact) mass is 167 g/mol. The SMILES string of the molecule is CC1(C(F)(F)F)CNCC1=O. The molecule has 1 atom stereocenters. The van der Waals surface area contributed by atoms with Gasteiger partial charge in [0.25, 0.3) is 0 Å². The largest absolute Gasteiger partial charge is 0.402 e. The van der Waals surface area contributed by atoms with E-state index < -0.39 is 17.4 Å². The van der Waals surface area contributed by atoms with E-state index in [1.165, 1.54) is 0 Å². The van der Waals surface area contributed by atoms with E-state index in [-0.39, 0.29) is 13.1 Å². The third-order valence-corrected chi connectivity index (χ3v) is 2.01. The van der Waals surface area contributed by atoms with Gasteiger partial charge in [-0.3, -0.25) is 4.79 Å². The van der Waals surface area contributed by atoms with Gasteiger partial charge in [-0.15, -0.1) is 0 Å². The van der Waals surface area contributed by atoms with Gasteiger partial charge in [-0.05, 0) is 6.92 Å². The Morgan fingerprint density at radius 2 is 2.09 bits per heavy atom. The van der Waals surface area contributed by atoms with Crippen molar-refractivity contribution in [2.75, 3.05) is 13.1 Å². The summed E-state index contributed by atoms with van der Waals surface area (Å²) < 4.78 is 36.4. The fraction of sp³-hybridized carbons (Fsp3) is 0.833. The number of alkyl halides is 3. The summed E-state index contributed by atoms with van der Waals surface area (Å²) >= 11 is 0. The summed E-state index contributed by atoms with van der Waals surface area (Å²) in [5.41, 5.74) is -2.16. The van der Waals surface area contributed by atoms with Crippen molar-refractivity contribution in [2.24, 2.45) is 5.41 Å². The van der Waals surface area contributed by atoms with Crippen molar-refractivity contribution >= 4 is 5.78 Å². The smallest absolute Gasteiger partial charge is 0.309 e. The van der Waals surface area contributed by atoms with Crippen molar-refractivity contribution in [1.29, 1.82) is 0 Å². The minimum absolute atomic E-state index is 0.171. The van der Waals surface area contributed by atoms with Crippen LogP contribution in [0.15, 0.2) is 0 Å². The molecule has 0 aromatic heterocycles. The van der Waals surface area contributed by atoms with Gasteiger partial charge in [0.15, 0.2) is 5.78 Å². The molecule has 1 rings (SSSR count). The highest BCUT2D eigenvalue weighted by Crippen LogP contribution is 2.39. The zero-order valence-electron chi connectivity index (χ0n) is 5.96. The highest BCUT2D eigenvalue weighted by molar-refractivity contribution is 5.89. The number of rotatable bonds is 0. The van der Waals surface area contributed by atoms with Gasteiger partial charge in [0, 0.05) is 6.54 Å². The second-order valence-electron chi connectivity index (χ2n) is 2.86. The summed E-state index contributed by atoms with van der Waals surface area (Å²) in [5.74, 6) is -0.773. The average molecular weight is 167 g/mol. The maximum absolute atomic E-state index is 12.1. The second-order valence-corrected chi connectivity index (χ2v) is 2.86. The lowest BCUT2D eigenvalue weighted by atomic mass is 9.88. The molecule has 2 nitrogen and oxygen atoms in total. The lowest BCUT2D eigenvalue weighted by molar-refractivity contribution is -0.207. The number of hydrogen-bond acceptors (Lipinski definition) is 2. The molecule has 1 aliphatic heterocycles. The zero-order valence-corrected chi connectivity index (χ0v) is 5.96. The molecular formula is C6H8F3NO. The number of carbonyl (C=O) groups excluding carboxylic acids is 1. The topological polar surface area (TPSA) is 29.1 Å². The summed E-state index contributed by atoms with van der Waals surface area (Å²) in [7, 11) is 0. The second kappa shape index (κ2) is 2.20. The van der Waals surface area contributed by atoms with Gasteiger partial charge in [0.05, 0.1) is 6.54 Å². The first-order valence-electron chi connectivity index (χ1n) is 3.19. The Kier molecular flexibility index (Phi) is 1.70. The van der Waals surface area contributed by atoms with Crippen LogP contribution in [0.5, 0.6) is 0 Å². The van der Waals surface area contributed by atoms with Gasteiger partial charge >= 0.3 is 6.18 Å². The van der Waals surface area contributed by atoms with Crippen molar-refractivity contribution in [3.63, 3.8) is 0 Å². The van der Waals surface area contributed by atoms with E-state index in [4.69, 9.17) is 0 Å². The van der Waals surface area contributed by atoms with E-state index in [0.29, 0.717) is 0 Å². The molecule has 0 aliphatic carbocycles. The van der Waals surface area contributed by atoms with E-state index in [1.807, 2.05) is 0 Å². The van der Waals surface area contributed by atoms with E-state index in [1.54, 1.807) is 0 Å². The Hall–Kier alpha value is -0.580. The van der Waals surface area contributed by atoms with Crippen molar-refractivity contribution < 1.29 is 18.0 Å². The van der Waals surface area contributed by atoms with E-state index >= 15 is 0 Å². The summed E-state index contributed by atoms with van der Waals surface area (Å²) in [6.07, 6.45) is -4.42. The van der Waals surface area contributed by atoms with Gasteiger partial charge in [-0.25, -0.2) is 0 Å². The van der Waals surface area contributed by atoms with E-state index in [9.17, 15) is 18.0 Å². The summed E-state index contributed by atoms with van der Waals surface area (Å²) in [5, 5.41) is 2.40. The molecule has 1 aliphatic rings. The summed E-state index contributed by atoms with van der Waals surface area (Å²) in [4.78, 5) is 10.8. The lowest BCUT2D eigenvalue weighted by Crippen LogP contribution is -2.42. The number of ketones is 1. The third kappa shape index (κ3) is 1.13. The van der Waals surface area contributed by atoms with Gasteiger partial charge in [-0.1, -0.05) is 0 Å². The Balaban J connectivity index is 2.90. The first-order valence-corrected chi connectivity index (χ1v) is 3.19. The lowest BCUT2D eigenvalue weighted by Gasteiger charge is -2.23. The molecule has 5 heteroatoms. The molecule has 0 radical (unpaired) electrons. The summed E-state index contributed by atoms with van der Waals surface area (Å²) in [6.45, 7) is 0.459. The van der Waals surface area contributed by atoms with Gasteiger partial charge in [0.2, 0.25) is 0 Å². The molecule has 0 spiro atoms. The molecule has 0 saturated carbocycles. The molecule has 1 saturated heterocycles. The highest BCUT2D eigenvalue weighted by atomic mass is 19.4. The van der Waals surface area contributed by atoms with E-state index in [0.717, 1.165) is 6.92 Å². The van der Waals surface area contributed by atoms with Crippen LogP contribution in [-0.2, 0) is 4.79 Å². The zero-order chi connectivity index (χ0) is 8.70. The summed E-state index contributed by atoms with van der Waals surface area (Å²) in [6, 6.07) is 0. The van der Waals surface area contributed by atoms with Crippen LogP contribution in [0.1, 0.15) is 6.92 Å². The molecule has 0 bridgehead atoms. The maximum atomic E-state index is 12.1. The number of carbonyl (C=O) groups is 1. The molecule has 0 aromatic rings. The molecule has 1 unspecified atom stereocenters. The molecule has 11 heavy (non-hydrogen) atoms. The Morgan fingerprint density at radius 3 is 2.27 bits per heavy atom.